The average molecular weight is 623 g/mol. The summed E-state index contributed by atoms with van der Waals surface area (Å²) in [6.07, 6.45) is 2.02. The van der Waals surface area contributed by atoms with E-state index in [1.807, 2.05) is 0 Å². The van der Waals surface area contributed by atoms with Crippen LogP contribution in [0.3, 0.4) is 0 Å². The Morgan fingerprint density at radius 3 is 2.22 bits per heavy atom. The number of rotatable bonds is 18. The highest BCUT2D eigenvalue weighted by molar-refractivity contribution is 5.94. The van der Waals surface area contributed by atoms with Crippen LogP contribution in [0.4, 0.5) is 34.9 Å². The van der Waals surface area contributed by atoms with E-state index in [9.17, 15) is 14.9 Å². The van der Waals surface area contributed by atoms with Crippen LogP contribution in [-0.4, -0.2) is 98.0 Å². The Bertz CT molecular complexity index is 1350. The molecule has 0 aliphatic carbocycles. The number of benzene rings is 2. The van der Waals surface area contributed by atoms with Gasteiger partial charge in [0, 0.05) is 74.9 Å². The van der Waals surface area contributed by atoms with Crippen LogP contribution in [0.2, 0.25) is 0 Å². The minimum absolute atomic E-state index is 0.0748. The van der Waals surface area contributed by atoms with Crippen LogP contribution in [-0.2, 0) is 9.47 Å². The molecule has 0 saturated carbocycles. The summed E-state index contributed by atoms with van der Waals surface area (Å²) in [7, 11) is 0. The Morgan fingerprint density at radius 1 is 0.889 bits per heavy atom. The second-order valence-electron chi connectivity index (χ2n) is 10.3. The number of hydrogen-bond acceptors (Lipinski definition) is 13. The van der Waals surface area contributed by atoms with Crippen LogP contribution >= 0.6 is 0 Å². The number of aromatic nitrogens is 3. The lowest BCUT2D eigenvalue weighted by atomic mass is 10.2. The molecular weight excluding hydrogens is 580 g/mol. The van der Waals surface area contributed by atoms with Crippen LogP contribution in [0.1, 0.15) is 30.1 Å². The molecule has 3 aromatic rings. The number of anilines is 5. The second kappa shape index (κ2) is 17.6. The molecule has 4 rings (SSSR count). The summed E-state index contributed by atoms with van der Waals surface area (Å²) in [4.78, 5) is 41.4. The number of piperazine rings is 1. The van der Waals surface area contributed by atoms with Crippen LogP contribution in [0.5, 0.6) is 0 Å². The van der Waals surface area contributed by atoms with Gasteiger partial charge >= 0.3 is 0 Å². The van der Waals surface area contributed by atoms with Gasteiger partial charge in [0.15, 0.2) is 0 Å². The molecule has 15 heteroatoms. The van der Waals surface area contributed by atoms with Crippen molar-refractivity contribution in [2.24, 2.45) is 5.73 Å². The summed E-state index contributed by atoms with van der Waals surface area (Å²) in [5.41, 5.74) is 7.64. The van der Waals surface area contributed by atoms with Crippen molar-refractivity contribution in [1.82, 2.24) is 20.3 Å². The third kappa shape index (κ3) is 10.5. The Labute approximate surface area is 262 Å². The molecule has 1 aliphatic heterocycles. The van der Waals surface area contributed by atoms with Gasteiger partial charge in [-0.1, -0.05) is 13.3 Å². The summed E-state index contributed by atoms with van der Waals surface area (Å²) in [5.74, 6) is 1.24. The van der Waals surface area contributed by atoms with Crippen LogP contribution in [0, 0.1) is 10.1 Å². The number of unbranched alkanes of at least 4 members (excludes halogenated alkanes) is 1. The molecule has 0 unspecified atom stereocenters. The van der Waals surface area contributed by atoms with E-state index in [0.29, 0.717) is 89.1 Å². The molecule has 0 radical (unpaired) electrons. The Kier molecular flexibility index (Phi) is 13.0. The standard InChI is InChI=1S/C30H42N10O5/c1-2-3-13-33-28-35-29(34-24-6-4-23(5-7-24)27(41)32-14-20-45-22-21-44-19-12-31)37-30(36-28)39-17-15-38(16-18-39)25-8-10-26(11-9-25)40(42)43/h4-11H,2-3,12-22,31H2,1H3,(H,32,41)(H2,33,34,35,36,37). The zero-order chi connectivity index (χ0) is 31.9. The quantitative estimate of drug-likeness (QED) is 0.0923. The van der Waals surface area contributed by atoms with E-state index in [1.54, 1.807) is 36.4 Å². The van der Waals surface area contributed by atoms with E-state index in [-0.39, 0.29) is 11.6 Å². The highest BCUT2D eigenvalue weighted by Crippen LogP contribution is 2.23. The first-order chi connectivity index (χ1) is 22.0. The molecule has 1 aromatic heterocycles. The first-order valence-electron chi connectivity index (χ1n) is 15.2. The highest BCUT2D eigenvalue weighted by Gasteiger charge is 2.21. The Balaban J connectivity index is 1.34. The van der Waals surface area contributed by atoms with Crippen molar-refractivity contribution < 1.29 is 19.2 Å². The maximum atomic E-state index is 12.5. The highest BCUT2D eigenvalue weighted by atomic mass is 16.6. The molecule has 242 valence electrons. The van der Waals surface area contributed by atoms with E-state index in [2.05, 4.69) is 42.6 Å². The summed E-state index contributed by atoms with van der Waals surface area (Å²) in [6, 6.07) is 13.7. The van der Waals surface area contributed by atoms with E-state index in [0.717, 1.165) is 30.8 Å². The molecule has 5 N–H and O–H groups in total. The van der Waals surface area contributed by atoms with E-state index < -0.39 is 4.92 Å². The molecule has 1 saturated heterocycles. The number of ether oxygens (including phenoxy) is 2. The van der Waals surface area contributed by atoms with Gasteiger partial charge in [-0.2, -0.15) is 15.0 Å². The summed E-state index contributed by atoms with van der Waals surface area (Å²) in [5, 5.41) is 20.4. The Morgan fingerprint density at radius 2 is 1.56 bits per heavy atom. The van der Waals surface area contributed by atoms with Crippen molar-refractivity contribution in [3.8, 4) is 0 Å². The fourth-order valence-corrected chi connectivity index (χ4v) is 4.55. The van der Waals surface area contributed by atoms with E-state index >= 15 is 0 Å². The topological polar surface area (TPSA) is 186 Å². The maximum absolute atomic E-state index is 12.5. The average Bonchev–Trinajstić information content (AvgIpc) is 3.06. The largest absolute Gasteiger partial charge is 0.378 e. The van der Waals surface area contributed by atoms with Gasteiger partial charge in [0.05, 0.1) is 31.4 Å². The number of nitrogens with one attached hydrogen (secondary N) is 3. The molecule has 1 fully saturated rings. The first-order valence-corrected chi connectivity index (χ1v) is 15.2. The number of nitrogens with zero attached hydrogens (tertiary/aromatic N) is 6. The number of amides is 1. The zero-order valence-electron chi connectivity index (χ0n) is 25.6. The second-order valence-corrected chi connectivity index (χ2v) is 10.3. The van der Waals surface area contributed by atoms with Gasteiger partial charge in [0.2, 0.25) is 17.8 Å². The van der Waals surface area contributed by atoms with Crippen molar-refractivity contribution in [1.29, 1.82) is 0 Å². The number of hydrogen-bond donors (Lipinski definition) is 4. The fourth-order valence-electron chi connectivity index (χ4n) is 4.55. The molecule has 0 spiro atoms. The molecule has 15 nitrogen and oxygen atoms in total. The normalized spacial score (nSPS) is 13.0. The van der Waals surface area contributed by atoms with E-state index in [1.165, 1.54) is 12.1 Å². The number of carbonyl (C=O) groups excluding carboxylic acids is 1. The number of nitrogens with two attached hydrogens (primary N) is 1. The third-order valence-electron chi connectivity index (χ3n) is 6.99. The first kappa shape index (κ1) is 33.3. The molecular formula is C30H42N10O5. The minimum Gasteiger partial charge on any atom is -0.378 e. The molecule has 1 amide bonds. The lowest BCUT2D eigenvalue weighted by Gasteiger charge is -2.36. The Hall–Kier alpha value is -4.60. The number of non-ortho nitro benzene ring substituents is 1. The van der Waals surface area contributed by atoms with Gasteiger partial charge < -0.3 is 41.0 Å². The molecule has 0 atom stereocenters. The molecule has 2 aromatic carbocycles. The number of nitro benzene ring substituents is 1. The van der Waals surface area contributed by atoms with Gasteiger partial charge in [0.25, 0.3) is 11.6 Å². The van der Waals surface area contributed by atoms with Crippen LogP contribution < -0.4 is 31.5 Å². The van der Waals surface area contributed by atoms with Crippen molar-refractivity contribution in [3.63, 3.8) is 0 Å². The molecule has 1 aliphatic rings. The predicted molar refractivity (Wildman–Crippen MR) is 173 cm³/mol. The lowest BCUT2D eigenvalue weighted by molar-refractivity contribution is -0.384. The SMILES string of the molecule is CCCCNc1nc(Nc2ccc(C(=O)NCCOCCOCCN)cc2)nc(N2CCN(c3ccc([N+](=O)[O-])cc3)CC2)n1. The summed E-state index contributed by atoms with van der Waals surface area (Å²) >= 11 is 0. The van der Waals surface area contributed by atoms with Crippen molar-refractivity contribution in [2.45, 2.75) is 19.8 Å². The monoisotopic (exact) mass is 622 g/mol. The molecule has 45 heavy (non-hydrogen) atoms. The van der Waals surface area contributed by atoms with Crippen LogP contribution in [0.25, 0.3) is 0 Å². The van der Waals surface area contributed by atoms with Crippen molar-refractivity contribution in [2.75, 3.05) is 92.7 Å². The van der Waals surface area contributed by atoms with Crippen molar-refractivity contribution in [3.05, 3.63) is 64.2 Å². The maximum Gasteiger partial charge on any atom is 0.269 e. The third-order valence-corrected chi connectivity index (χ3v) is 6.99. The van der Waals surface area contributed by atoms with Gasteiger partial charge in [0.1, 0.15) is 0 Å². The molecule has 0 bridgehead atoms. The number of carbonyl (C=O) groups is 1. The number of nitro groups is 1. The van der Waals surface area contributed by atoms with E-state index in [4.69, 9.17) is 20.2 Å². The smallest absolute Gasteiger partial charge is 0.269 e. The van der Waals surface area contributed by atoms with Gasteiger partial charge in [-0.3, -0.25) is 14.9 Å². The lowest BCUT2D eigenvalue weighted by Crippen LogP contribution is -2.47. The van der Waals surface area contributed by atoms with Gasteiger partial charge in [-0.05, 0) is 42.8 Å². The van der Waals surface area contributed by atoms with Crippen molar-refractivity contribution >= 4 is 40.8 Å². The minimum atomic E-state index is -0.395. The predicted octanol–water partition coefficient (Wildman–Crippen LogP) is 2.78. The summed E-state index contributed by atoms with van der Waals surface area (Å²) in [6.45, 7) is 8.31. The van der Waals surface area contributed by atoms with Gasteiger partial charge in [-0.15, -0.1) is 0 Å². The van der Waals surface area contributed by atoms with Gasteiger partial charge in [-0.25, -0.2) is 0 Å². The van der Waals surface area contributed by atoms with Crippen LogP contribution in [0.15, 0.2) is 48.5 Å². The zero-order valence-corrected chi connectivity index (χ0v) is 25.6. The fraction of sp³-hybridized carbons (Fsp3) is 0.467. The summed E-state index contributed by atoms with van der Waals surface area (Å²) < 4.78 is 10.7. The molecule has 2 heterocycles.